The van der Waals surface area contributed by atoms with Crippen LogP contribution >= 0.6 is 11.6 Å². The third-order valence-electron chi connectivity index (χ3n) is 5.86. The lowest BCUT2D eigenvalue weighted by atomic mass is 9.97. The smallest absolute Gasteiger partial charge is 0.308 e. The van der Waals surface area contributed by atoms with E-state index >= 15 is 0 Å². The number of aldehydes is 1. The maximum absolute atomic E-state index is 11.9. The normalized spacial score (nSPS) is 11.7. The molecular weight excluding hydrogens is 526 g/mol. The van der Waals surface area contributed by atoms with Crippen LogP contribution in [0, 0.1) is 12.3 Å². The number of rotatable bonds is 12. The number of carbonyl (C=O) groups is 2. The highest BCUT2D eigenvalue weighted by Gasteiger charge is 2.20. The molecular formula is C32H36ClN3O4. The fraction of sp³-hybridized carbons (Fsp3) is 0.281. The fourth-order valence-corrected chi connectivity index (χ4v) is 4.25. The number of ether oxygens (including phenoxy) is 2. The van der Waals surface area contributed by atoms with Gasteiger partial charge in [-0.2, -0.15) is 0 Å². The summed E-state index contributed by atoms with van der Waals surface area (Å²) < 4.78 is 11.3. The zero-order valence-electron chi connectivity index (χ0n) is 23.3. The molecule has 8 heteroatoms. The Kier molecular flexibility index (Phi) is 10.5. The van der Waals surface area contributed by atoms with Gasteiger partial charge in [0, 0.05) is 35.1 Å². The molecule has 0 fully saturated rings. The molecule has 3 aromatic carbocycles. The van der Waals surface area contributed by atoms with E-state index in [1.807, 2.05) is 70.2 Å². The molecule has 0 aromatic heterocycles. The molecule has 1 atom stereocenters. The molecule has 3 rings (SSSR count). The molecule has 3 N–H and O–H groups in total. The van der Waals surface area contributed by atoms with Crippen LogP contribution in [0.5, 0.6) is 5.75 Å². The maximum Gasteiger partial charge on any atom is 0.308 e. The number of aryl methyl sites for hydroxylation is 1. The quantitative estimate of drug-likeness (QED) is 0.0952. The van der Waals surface area contributed by atoms with Crippen molar-refractivity contribution in [1.82, 2.24) is 5.32 Å². The van der Waals surface area contributed by atoms with Gasteiger partial charge in [0.05, 0.1) is 12.3 Å². The summed E-state index contributed by atoms with van der Waals surface area (Å²) in [6.07, 6.45) is 1.02. The van der Waals surface area contributed by atoms with Gasteiger partial charge in [-0.3, -0.25) is 15.0 Å². The number of halogens is 1. The maximum atomic E-state index is 11.9. The van der Waals surface area contributed by atoms with E-state index in [4.69, 9.17) is 26.5 Å². The number of benzene rings is 3. The number of anilines is 1. The van der Waals surface area contributed by atoms with E-state index in [-0.39, 0.29) is 18.3 Å². The van der Waals surface area contributed by atoms with Crippen LogP contribution < -0.4 is 15.4 Å². The van der Waals surface area contributed by atoms with Crippen molar-refractivity contribution in [3.63, 3.8) is 0 Å². The Balaban J connectivity index is 1.65. The molecule has 0 amide bonds. The van der Waals surface area contributed by atoms with Crippen LogP contribution in [0.4, 0.5) is 5.69 Å². The van der Waals surface area contributed by atoms with Crippen LogP contribution in [0.25, 0.3) is 5.70 Å². The molecule has 3 aromatic rings. The van der Waals surface area contributed by atoms with Gasteiger partial charge < -0.3 is 20.1 Å². The molecule has 40 heavy (non-hydrogen) atoms. The number of esters is 1. The van der Waals surface area contributed by atoms with Crippen LogP contribution in [-0.2, 0) is 9.53 Å². The molecule has 210 valence electrons. The molecule has 0 aliphatic rings. The monoisotopic (exact) mass is 561 g/mol. The molecule has 0 heterocycles. The summed E-state index contributed by atoms with van der Waals surface area (Å²) in [6, 6.07) is 20.0. The zero-order chi connectivity index (χ0) is 29.3. The number of hydrogen-bond donors (Lipinski definition) is 3. The number of hydrogen-bond acceptors (Lipinski definition) is 7. The lowest BCUT2D eigenvalue weighted by Gasteiger charge is -2.21. The molecule has 0 aliphatic carbocycles. The van der Waals surface area contributed by atoms with Crippen LogP contribution in [0.2, 0.25) is 5.02 Å². The van der Waals surface area contributed by atoms with Crippen molar-refractivity contribution in [2.45, 2.75) is 45.6 Å². The molecule has 7 nitrogen and oxygen atoms in total. The molecule has 0 bridgehead atoms. The van der Waals surface area contributed by atoms with Crippen molar-refractivity contribution in [2.75, 3.05) is 18.4 Å². The summed E-state index contributed by atoms with van der Waals surface area (Å²) in [5.41, 5.74) is 4.25. The number of carbonyl (C=O) groups excluding carboxylic acids is 2. The van der Waals surface area contributed by atoms with Crippen molar-refractivity contribution in [3.8, 4) is 5.75 Å². The van der Waals surface area contributed by atoms with E-state index in [0.717, 1.165) is 28.7 Å². The van der Waals surface area contributed by atoms with Gasteiger partial charge in [0.2, 0.25) is 0 Å². The van der Waals surface area contributed by atoms with Gasteiger partial charge in [-0.15, -0.1) is 0 Å². The Morgan fingerprint density at radius 1 is 1.07 bits per heavy atom. The highest BCUT2D eigenvalue weighted by Crippen LogP contribution is 2.25. The molecule has 0 saturated carbocycles. The van der Waals surface area contributed by atoms with E-state index < -0.39 is 11.5 Å². The van der Waals surface area contributed by atoms with Crippen molar-refractivity contribution in [2.24, 2.45) is 0 Å². The van der Waals surface area contributed by atoms with Gasteiger partial charge >= 0.3 is 5.97 Å². The second kappa shape index (κ2) is 13.8. The van der Waals surface area contributed by atoms with E-state index in [1.54, 1.807) is 24.3 Å². The van der Waals surface area contributed by atoms with Gasteiger partial charge in [-0.1, -0.05) is 42.4 Å². The second-order valence-electron chi connectivity index (χ2n) is 10.5. The molecule has 1 unspecified atom stereocenters. The summed E-state index contributed by atoms with van der Waals surface area (Å²) in [5.74, 6) is -0.148. The Morgan fingerprint density at radius 3 is 2.35 bits per heavy atom. The van der Waals surface area contributed by atoms with Crippen LogP contribution in [0.3, 0.4) is 0 Å². The van der Waals surface area contributed by atoms with Crippen molar-refractivity contribution < 1.29 is 19.1 Å². The first-order chi connectivity index (χ1) is 18.9. The van der Waals surface area contributed by atoms with Crippen molar-refractivity contribution >= 4 is 41.1 Å². The fourth-order valence-electron chi connectivity index (χ4n) is 3.96. The molecule has 0 spiro atoms. The summed E-state index contributed by atoms with van der Waals surface area (Å²) in [7, 11) is 0. The van der Waals surface area contributed by atoms with Crippen LogP contribution in [0.15, 0.2) is 73.3 Å². The Hall–Kier alpha value is -4.10. The van der Waals surface area contributed by atoms with E-state index in [1.165, 1.54) is 0 Å². The third-order valence-corrected chi connectivity index (χ3v) is 6.08. The average molecular weight is 562 g/mol. The lowest BCUT2D eigenvalue weighted by molar-refractivity contribution is -0.154. The topological polar surface area (TPSA) is 101 Å². The summed E-state index contributed by atoms with van der Waals surface area (Å²) in [4.78, 5) is 23.0. The van der Waals surface area contributed by atoms with E-state index in [9.17, 15) is 9.59 Å². The van der Waals surface area contributed by atoms with Gasteiger partial charge in [-0.05, 0) is 86.8 Å². The highest BCUT2D eigenvalue weighted by molar-refractivity contribution is 6.30. The largest absolute Gasteiger partial charge is 0.460 e. The van der Waals surface area contributed by atoms with Gasteiger partial charge in [0.25, 0.3) is 0 Å². The van der Waals surface area contributed by atoms with Gasteiger partial charge in [-0.25, -0.2) is 0 Å². The molecule has 0 saturated heterocycles. The SMILES string of the molecule is C=C(NCCC(=O)OC(C)(C)C)c1ccc(OC(=N)C(CNc2cc(C)cc(Cl)c2)c2ccc(C=O)cc2)cc1. The highest BCUT2D eigenvalue weighted by atomic mass is 35.5. The minimum atomic E-state index is -0.514. The van der Waals surface area contributed by atoms with Crippen molar-refractivity contribution in [3.05, 3.63) is 101 Å². The van der Waals surface area contributed by atoms with E-state index in [0.29, 0.717) is 35.1 Å². The number of nitrogens with one attached hydrogen (secondary N) is 3. The predicted octanol–water partition coefficient (Wildman–Crippen LogP) is 7.00. The minimum Gasteiger partial charge on any atom is -0.460 e. The first-order valence-corrected chi connectivity index (χ1v) is 13.4. The molecule has 0 aliphatic heterocycles. The van der Waals surface area contributed by atoms with Crippen molar-refractivity contribution in [1.29, 1.82) is 5.41 Å². The zero-order valence-corrected chi connectivity index (χ0v) is 24.1. The Morgan fingerprint density at radius 2 is 1.75 bits per heavy atom. The Labute approximate surface area is 241 Å². The first-order valence-electron chi connectivity index (χ1n) is 13.0. The second-order valence-corrected chi connectivity index (χ2v) is 10.9. The third kappa shape index (κ3) is 9.58. The van der Waals surface area contributed by atoms with Gasteiger partial charge in [0.15, 0.2) is 5.90 Å². The first kappa shape index (κ1) is 30.4. The Bertz CT molecular complexity index is 1330. The molecule has 0 radical (unpaired) electrons. The minimum absolute atomic E-state index is 0.0483. The predicted molar refractivity (Wildman–Crippen MR) is 162 cm³/mol. The van der Waals surface area contributed by atoms with Crippen LogP contribution in [-0.4, -0.2) is 36.8 Å². The summed E-state index contributed by atoms with van der Waals surface area (Å²) in [6.45, 7) is 12.3. The van der Waals surface area contributed by atoms with Gasteiger partial charge in [0.1, 0.15) is 17.6 Å². The summed E-state index contributed by atoms with van der Waals surface area (Å²) >= 11 is 6.21. The average Bonchev–Trinajstić information content (AvgIpc) is 2.88. The summed E-state index contributed by atoms with van der Waals surface area (Å²) in [5, 5.41) is 15.9. The lowest BCUT2D eigenvalue weighted by Crippen LogP contribution is -2.26. The van der Waals surface area contributed by atoms with E-state index in [2.05, 4.69) is 17.2 Å². The van der Waals surface area contributed by atoms with Crippen LogP contribution in [0.1, 0.15) is 60.2 Å². The standard InChI is InChI=1S/C32H36ClN3O4/c1-21-16-26(33)18-27(17-21)36-19-29(25-8-6-23(20-37)7-9-25)31(34)39-28-12-10-24(11-13-28)22(2)35-15-14-30(38)40-32(3,4)5/h6-13,16-18,20,29,34-36H,2,14-15,19H2,1,3-5H3.